The zero-order valence-corrected chi connectivity index (χ0v) is 19.2. The van der Waals surface area contributed by atoms with E-state index in [9.17, 15) is 13.6 Å². The molecule has 0 aliphatic rings. The first-order chi connectivity index (χ1) is 16.4. The minimum absolute atomic E-state index is 0.160. The quantitative estimate of drug-likeness (QED) is 0.308. The van der Waals surface area contributed by atoms with E-state index in [0.717, 1.165) is 0 Å². The number of rotatable bonds is 8. The number of Topliss-reactive ketones (excluding diaryl/α,β-unsaturated/α-hetero) is 1. The van der Waals surface area contributed by atoms with E-state index in [1.165, 1.54) is 24.3 Å². The summed E-state index contributed by atoms with van der Waals surface area (Å²) in [4.78, 5) is 14.0. The van der Waals surface area contributed by atoms with Gasteiger partial charge in [0.25, 0.3) is 0 Å². The Kier molecular flexibility index (Phi) is 7.55. The van der Waals surface area contributed by atoms with Crippen LogP contribution in [0, 0.1) is 11.6 Å². The first kappa shape index (κ1) is 23.9. The van der Waals surface area contributed by atoms with E-state index in [4.69, 9.17) is 23.2 Å². The molecule has 2 unspecified atom stereocenters. The number of carbonyl (C=O) groups is 1. The van der Waals surface area contributed by atoms with E-state index in [1.54, 1.807) is 48.5 Å². The standard InChI is InChI=1S/C25H18Cl2F2N4O/c26-23-11-9-19(30-32-23)13-21(15-1-5-17(28)6-2-15)25(34)22(16-3-7-18(29)8-4-16)14-20-10-12-24(27)33-31-20/h1-12,21-22H,13-14H2. The molecular formula is C25H18Cl2F2N4O. The number of benzene rings is 2. The normalized spacial score (nSPS) is 12.8. The molecule has 0 N–H and O–H groups in total. The fourth-order valence-electron chi connectivity index (χ4n) is 3.72. The molecular weight excluding hydrogens is 481 g/mol. The van der Waals surface area contributed by atoms with E-state index in [2.05, 4.69) is 20.4 Å². The molecule has 0 saturated carbocycles. The van der Waals surface area contributed by atoms with Crippen LogP contribution in [0.15, 0.2) is 72.8 Å². The lowest BCUT2D eigenvalue weighted by Crippen LogP contribution is -2.25. The first-order valence-corrected chi connectivity index (χ1v) is 11.2. The average Bonchev–Trinajstić information content (AvgIpc) is 2.84. The number of halogens is 4. The summed E-state index contributed by atoms with van der Waals surface area (Å²) in [6, 6.07) is 18.1. The van der Waals surface area contributed by atoms with E-state index >= 15 is 0 Å². The second kappa shape index (κ2) is 10.8. The van der Waals surface area contributed by atoms with Gasteiger partial charge in [0.15, 0.2) is 10.3 Å². The van der Waals surface area contributed by atoms with Gasteiger partial charge in [-0.15, -0.1) is 10.2 Å². The number of carbonyl (C=O) groups excluding carboxylic acids is 1. The fourth-order valence-corrected chi connectivity index (χ4v) is 3.92. The van der Waals surface area contributed by atoms with Crippen LogP contribution in [0.2, 0.25) is 10.3 Å². The molecule has 9 heteroatoms. The van der Waals surface area contributed by atoms with Gasteiger partial charge < -0.3 is 0 Å². The molecule has 0 aliphatic carbocycles. The first-order valence-electron chi connectivity index (χ1n) is 10.4. The highest BCUT2D eigenvalue weighted by Gasteiger charge is 2.31. The predicted molar refractivity (Wildman–Crippen MR) is 125 cm³/mol. The Balaban J connectivity index is 1.74. The summed E-state index contributed by atoms with van der Waals surface area (Å²) < 4.78 is 27.2. The van der Waals surface area contributed by atoms with Gasteiger partial charge in [-0.25, -0.2) is 8.78 Å². The molecule has 2 aromatic carbocycles. The third-order valence-corrected chi connectivity index (χ3v) is 5.84. The van der Waals surface area contributed by atoms with Crippen LogP contribution in [0.5, 0.6) is 0 Å². The Morgan fingerprint density at radius 2 is 1.00 bits per heavy atom. The van der Waals surface area contributed by atoms with Crippen molar-refractivity contribution >= 4 is 29.0 Å². The highest BCUT2D eigenvalue weighted by atomic mass is 35.5. The van der Waals surface area contributed by atoms with Crippen molar-refractivity contribution in [3.63, 3.8) is 0 Å². The molecule has 0 aliphatic heterocycles. The second-order valence-corrected chi connectivity index (χ2v) is 8.49. The Hall–Kier alpha value is -3.29. The van der Waals surface area contributed by atoms with Gasteiger partial charge in [-0.2, -0.15) is 10.2 Å². The van der Waals surface area contributed by atoms with Gasteiger partial charge in [0.1, 0.15) is 17.4 Å². The maximum absolute atomic E-state index is 14.0. The predicted octanol–water partition coefficient (Wildman–Crippen LogP) is 5.77. The number of nitrogens with zero attached hydrogens (tertiary/aromatic N) is 4. The summed E-state index contributed by atoms with van der Waals surface area (Å²) in [5.41, 5.74) is 2.35. The molecule has 172 valence electrons. The zero-order valence-electron chi connectivity index (χ0n) is 17.7. The molecule has 5 nitrogen and oxygen atoms in total. The third-order valence-electron chi connectivity index (χ3n) is 5.43. The maximum Gasteiger partial charge on any atom is 0.151 e. The lowest BCUT2D eigenvalue weighted by Gasteiger charge is -2.23. The van der Waals surface area contributed by atoms with E-state index in [1.807, 2.05) is 0 Å². The van der Waals surface area contributed by atoms with Crippen molar-refractivity contribution in [1.82, 2.24) is 20.4 Å². The Labute approximate surface area is 204 Å². The molecule has 0 fully saturated rings. The van der Waals surface area contributed by atoms with Crippen molar-refractivity contribution in [2.45, 2.75) is 24.7 Å². The SMILES string of the molecule is O=C(C(Cc1ccc(Cl)nn1)c1ccc(F)cc1)C(Cc1ccc(Cl)nn1)c1ccc(F)cc1. The molecule has 2 aromatic heterocycles. The van der Waals surface area contributed by atoms with Gasteiger partial charge in [0.2, 0.25) is 0 Å². The Morgan fingerprint density at radius 3 is 1.32 bits per heavy atom. The van der Waals surface area contributed by atoms with E-state index in [0.29, 0.717) is 22.5 Å². The Morgan fingerprint density at radius 1 is 0.618 bits per heavy atom. The van der Waals surface area contributed by atoms with Crippen LogP contribution >= 0.6 is 23.2 Å². The molecule has 0 spiro atoms. The van der Waals surface area contributed by atoms with Gasteiger partial charge >= 0.3 is 0 Å². The molecule has 2 heterocycles. The summed E-state index contributed by atoms with van der Waals surface area (Å²) in [5, 5.41) is 16.4. The molecule has 0 amide bonds. The van der Waals surface area contributed by atoms with Gasteiger partial charge in [-0.05, 0) is 59.7 Å². The number of hydrogen-bond donors (Lipinski definition) is 0. The van der Waals surface area contributed by atoms with Gasteiger partial charge in [0.05, 0.1) is 11.4 Å². The molecule has 34 heavy (non-hydrogen) atoms. The average molecular weight is 499 g/mol. The summed E-state index contributed by atoms with van der Waals surface area (Å²) >= 11 is 11.7. The van der Waals surface area contributed by atoms with E-state index < -0.39 is 23.5 Å². The largest absolute Gasteiger partial charge is 0.298 e. The van der Waals surface area contributed by atoms with Crippen LogP contribution in [0.3, 0.4) is 0 Å². The van der Waals surface area contributed by atoms with Gasteiger partial charge in [-0.1, -0.05) is 47.5 Å². The molecule has 4 aromatic rings. The van der Waals surface area contributed by atoms with Crippen LogP contribution in [-0.2, 0) is 17.6 Å². The topological polar surface area (TPSA) is 68.6 Å². The summed E-state index contributed by atoms with van der Waals surface area (Å²) in [7, 11) is 0. The monoisotopic (exact) mass is 498 g/mol. The van der Waals surface area contributed by atoms with Crippen molar-refractivity contribution in [2.24, 2.45) is 0 Å². The highest BCUT2D eigenvalue weighted by Crippen LogP contribution is 2.32. The van der Waals surface area contributed by atoms with Crippen molar-refractivity contribution in [3.8, 4) is 0 Å². The summed E-state index contributed by atoms with van der Waals surface area (Å²) in [6.45, 7) is 0. The van der Waals surface area contributed by atoms with Crippen molar-refractivity contribution in [3.05, 3.63) is 117 Å². The van der Waals surface area contributed by atoms with Gasteiger partial charge in [0, 0.05) is 24.7 Å². The second-order valence-electron chi connectivity index (χ2n) is 7.71. The lowest BCUT2D eigenvalue weighted by atomic mass is 9.79. The van der Waals surface area contributed by atoms with Gasteiger partial charge in [-0.3, -0.25) is 4.79 Å². The fraction of sp³-hybridized carbons (Fsp3) is 0.160. The number of aromatic nitrogens is 4. The maximum atomic E-state index is 14.0. The molecule has 0 saturated heterocycles. The van der Waals surface area contributed by atoms with E-state index in [-0.39, 0.29) is 28.9 Å². The molecule has 0 bridgehead atoms. The van der Waals surface area contributed by atoms with Crippen molar-refractivity contribution in [2.75, 3.05) is 0 Å². The molecule has 2 atom stereocenters. The van der Waals surface area contributed by atoms with Crippen LogP contribution in [-0.4, -0.2) is 26.2 Å². The third kappa shape index (κ3) is 5.98. The molecule has 0 radical (unpaired) electrons. The van der Waals surface area contributed by atoms with Crippen LogP contribution in [0.4, 0.5) is 8.78 Å². The van der Waals surface area contributed by atoms with Crippen LogP contribution in [0.1, 0.15) is 34.4 Å². The lowest BCUT2D eigenvalue weighted by molar-refractivity contribution is -0.122. The Bertz CT molecular complexity index is 1150. The van der Waals surface area contributed by atoms with Crippen LogP contribution < -0.4 is 0 Å². The minimum Gasteiger partial charge on any atom is -0.298 e. The zero-order chi connectivity index (χ0) is 24.1. The van der Waals surface area contributed by atoms with Crippen molar-refractivity contribution in [1.29, 1.82) is 0 Å². The smallest absolute Gasteiger partial charge is 0.151 e. The van der Waals surface area contributed by atoms with Crippen LogP contribution in [0.25, 0.3) is 0 Å². The summed E-state index contributed by atoms with van der Waals surface area (Å²) in [6.07, 6.45) is 0.442. The number of hydrogen-bond acceptors (Lipinski definition) is 5. The van der Waals surface area contributed by atoms with Crippen molar-refractivity contribution < 1.29 is 13.6 Å². The molecule has 4 rings (SSSR count). The minimum atomic E-state index is -0.675. The highest BCUT2D eigenvalue weighted by molar-refractivity contribution is 6.29. The number of ketones is 1. The summed E-state index contributed by atoms with van der Waals surface area (Å²) in [5.74, 6) is -2.33.